The summed E-state index contributed by atoms with van der Waals surface area (Å²) in [5, 5.41) is 19.2. The zero-order chi connectivity index (χ0) is 22.0. The number of carbonyl (C=O) groups is 2. The van der Waals surface area contributed by atoms with Crippen molar-refractivity contribution in [3.63, 3.8) is 0 Å². The van der Waals surface area contributed by atoms with Gasteiger partial charge in [-0.2, -0.15) is 0 Å². The van der Waals surface area contributed by atoms with E-state index in [1.54, 1.807) is 0 Å². The summed E-state index contributed by atoms with van der Waals surface area (Å²) >= 11 is 0. The zero-order valence-corrected chi connectivity index (χ0v) is 17.7. The predicted molar refractivity (Wildman–Crippen MR) is 113 cm³/mol. The van der Waals surface area contributed by atoms with Crippen molar-refractivity contribution in [1.29, 1.82) is 0 Å². The van der Waals surface area contributed by atoms with Gasteiger partial charge in [-0.3, -0.25) is 9.69 Å². The number of rotatable bonds is 4. The molecular weight excluding hydrogens is 400 g/mol. The Labute approximate surface area is 181 Å². The van der Waals surface area contributed by atoms with Crippen LogP contribution in [0.25, 0.3) is 0 Å². The summed E-state index contributed by atoms with van der Waals surface area (Å²) in [6.07, 6.45) is 1.51. The van der Waals surface area contributed by atoms with Gasteiger partial charge in [0.05, 0.1) is 0 Å². The van der Waals surface area contributed by atoms with Crippen LogP contribution in [0.3, 0.4) is 0 Å². The first-order valence-corrected chi connectivity index (χ1v) is 10.6. The molecule has 0 spiro atoms. The summed E-state index contributed by atoms with van der Waals surface area (Å²) in [6, 6.07) is 8.38. The highest BCUT2D eigenvalue weighted by Gasteiger charge is 2.26. The Morgan fingerprint density at radius 3 is 2.19 bits per heavy atom. The first-order valence-electron chi connectivity index (χ1n) is 10.6. The second-order valence-corrected chi connectivity index (χ2v) is 8.05. The first-order chi connectivity index (χ1) is 14.9. The van der Waals surface area contributed by atoms with E-state index in [2.05, 4.69) is 4.90 Å². The fourth-order valence-corrected chi connectivity index (χ4v) is 4.14. The van der Waals surface area contributed by atoms with Crippen LogP contribution in [0, 0.1) is 6.92 Å². The summed E-state index contributed by atoms with van der Waals surface area (Å²) in [7, 11) is 0. The molecule has 2 amide bonds. The second-order valence-electron chi connectivity index (χ2n) is 8.05. The third-order valence-corrected chi connectivity index (χ3v) is 6.06. The molecule has 0 atom stereocenters. The highest BCUT2D eigenvalue weighted by molar-refractivity contribution is 5.96. The van der Waals surface area contributed by atoms with Crippen LogP contribution in [-0.4, -0.2) is 80.9 Å². The van der Waals surface area contributed by atoms with E-state index in [1.165, 1.54) is 17.0 Å². The van der Waals surface area contributed by atoms with Gasteiger partial charge >= 0.3 is 6.09 Å². The minimum Gasteiger partial charge on any atom is -0.492 e. The van der Waals surface area contributed by atoms with Crippen LogP contribution < -0.4 is 4.84 Å². The lowest BCUT2D eigenvalue weighted by atomic mass is 10.0. The van der Waals surface area contributed by atoms with Crippen molar-refractivity contribution in [3.05, 3.63) is 47.0 Å². The van der Waals surface area contributed by atoms with Crippen LogP contribution >= 0.6 is 0 Å². The highest BCUT2D eigenvalue weighted by atomic mass is 16.7. The Hall–Kier alpha value is -3.20. The Kier molecular flexibility index (Phi) is 6.03. The fraction of sp³-hybridized carbons (Fsp3) is 0.455. The Morgan fingerprint density at radius 1 is 0.903 bits per heavy atom. The minimum atomic E-state index is -0.629. The van der Waals surface area contributed by atoms with Crippen molar-refractivity contribution >= 4 is 12.0 Å². The quantitative estimate of drug-likeness (QED) is 0.771. The standard InChI is InChI=1S/C22H28N4O5/c1-16-17(5-4-6-18(16)21(29)24-9-2-3-10-24)15-23-11-13-25(14-12-23)22(30)31-26-19(27)7-8-20(26)28/h4-8,27-28H,2-3,9-15H2,1H3. The van der Waals surface area contributed by atoms with Gasteiger partial charge in [0, 0.05) is 63.5 Å². The molecule has 31 heavy (non-hydrogen) atoms. The number of amides is 2. The SMILES string of the molecule is Cc1c(CN2CCN(C(=O)On3c(O)ccc3O)CC2)cccc1C(=O)N1CCCC1. The predicted octanol–water partition coefficient (Wildman–Crippen LogP) is 1.81. The third-order valence-electron chi connectivity index (χ3n) is 6.06. The summed E-state index contributed by atoms with van der Waals surface area (Å²) in [5.74, 6) is -0.576. The molecule has 3 heterocycles. The van der Waals surface area contributed by atoms with Gasteiger partial charge in [0.2, 0.25) is 11.8 Å². The molecule has 1 aromatic carbocycles. The maximum Gasteiger partial charge on any atom is 0.434 e. The molecule has 4 rings (SSSR count). The molecule has 166 valence electrons. The van der Waals surface area contributed by atoms with E-state index in [-0.39, 0.29) is 17.7 Å². The van der Waals surface area contributed by atoms with E-state index < -0.39 is 6.09 Å². The van der Waals surface area contributed by atoms with Gasteiger partial charge in [0.25, 0.3) is 5.91 Å². The highest BCUT2D eigenvalue weighted by Crippen LogP contribution is 2.21. The molecule has 0 saturated carbocycles. The number of piperazine rings is 1. The maximum atomic E-state index is 12.8. The summed E-state index contributed by atoms with van der Waals surface area (Å²) in [5.41, 5.74) is 2.90. The molecule has 0 bridgehead atoms. The zero-order valence-electron chi connectivity index (χ0n) is 17.7. The van der Waals surface area contributed by atoms with Crippen LogP contribution in [0.1, 0.15) is 34.3 Å². The molecule has 2 aromatic rings. The lowest BCUT2D eigenvalue weighted by molar-refractivity contribution is 0.0555. The number of aromatic hydroxyl groups is 2. The van der Waals surface area contributed by atoms with E-state index in [4.69, 9.17) is 4.84 Å². The molecule has 2 fully saturated rings. The van der Waals surface area contributed by atoms with Gasteiger partial charge in [-0.05, 0) is 37.0 Å². The average molecular weight is 428 g/mol. The van der Waals surface area contributed by atoms with E-state index in [0.717, 1.165) is 42.6 Å². The monoisotopic (exact) mass is 428 g/mol. The van der Waals surface area contributed by atoms with Crippen LogP contribution in [0.4, 0.5) is 4.79 Å². The molecule has 9 heteroatoms. The fourth-order valence-electron chi connectivity index (χ4n) is 4.14. The number of nitrogens with zero attached hydrogens (tertiary/aromatic N) is 4. The third kappa shape index (κ3) is 4.46. The van der Waals surface area contributed by atoms with Crippen LogP contribution in [0.2, 0.25) is 0 Å². The smallest absolute Gasteiger partial charge is 0.434 e. The largest absolute Gasteiger partial charge is 0.492 e. The van der Waals surface area contributed by atoms with Gasteiger partial charge in [0.1, 0.15) is 0 Å². The van der Waals surface area contributed by atoms with Crippen LogP contribution in [0.5, 0.6) is 11.8 Å². The number of hydrogen-bond acceptors (Lipinski definition) is 6. The van der Waals surface area contributed by atoms with E-state index >= 15 is 0 Å². The number of likely N-dealkylation sites (tertiary alicyclic amines) is 1. The van der Waals surface area contributed by atoms with Crippen molar-refractivity contribution in [2.75, 3.05) is 39.3 Å². The lowest BCUT2D eigenvalue weighted by Crippen LogP contribution is -2.50. The van der Waals surface area contributed by atoms with Crippen molar-refractivity contribution < 1.29 is 24.6 Å². The van der Waals surface area contributed by atoms with Gasteiger partial charge < -0.3 is 24.9 Å². The number of benzene rings is 1. The molecule has 2 aliphatic rings. The summed E-state index contributed by atoms with van der Waals surface area (Å²) in [4.78, 5) is 35.9. The molecule has 0 unspecified atom stereocenters. The molecular formula is C22H28N4O5. The van der Waals surface area contributed by atoms with Crippen LogP contribution in [-0.2, 0) is 6.54 Å². The molecule has 0 radical (unpaired) electrons. The van der Waals surface area contributed by atoms with Crippen molar-refractivity contribution in [3.8, 4) is 11.8 Å². The first kappa shape index (κ1) is 21.0. The molecule has 2 aliphatic heterocycles. The van der Waals surface area contributed by atoms with E-state index in [9.17, 15) is 19.8 Å². The van der Waals surface area contributed by atoms with Crippen molar-refractivity contribution in [1.82, 2.24) is 19.4 Å². The van der Waals surface area contributed by atoms with Gasteiger partial charge in [0.15, 0.2) is 0 Å². The Bertz CT molecular complexity index is 939. The summed E-state index contributed by atoms with van der Waals surface area (Å²) < 4.78 is 0.695. The second kappa shape index (κ2) is 8.89. The minimum absolute atomic E-state index is 0.112. The average Bonchev–Trinajstić information content (AvgIpc) is 3.41. The molecule has 1 aromatic heterocycles. The topological polar surface area (TPSA) is 98.5 Å². The molecule has 0 aliphatic carbocycles. The summed E-state index contributed by atoms with van der Waals surface area (Å²) in [6.45, 7) is 6.61. The maximum absolute atomic E-state index is 12.8. The number of hydrogen-bond donors (Lipinski definition) is 2. The Balaban J connectivity index is 1.34. The van der Waals surface area contributed by atoms with E-state index in [0.29, 0.717) is 37.5 Å². The molecule has 9 nitrogen and oxygen atoms in total. The van der Waals surface area contributed by atoms with E-state index in [1.807, 2.05) is 30.0 Å². The molecule has 2 N–H and O–H groups in total. The normalized spacial score (nSPS) is 17.2. The Morgan fingerprint density at radius 2 is 1.55 bits per heavy atom. The van der Waals surface area contributed by atoms with Crippen LogP contribution in [0.15, 0.2) is 30.3 Å². The van der Waals surface area contributed by atoms with Gasteiger partial charge in [-0.15, -0.1) is 4.73 Å². The lowest BCUT2D eigenvalue weighted by Gasteiger charge is -2.34. The van der Waals surface area contributed by atoms with Crippen molar-refractivity contribution in [2.24, 2.45) is 0 Å². The van der Waals surface area contributed by atoms with Gasteiger partial charge in [-0.1, -0.05) is 12.1 Å². The number of carbonyl (C=O) groups excluding carboxylic acids is 2. The molecule has 2 saturated heterocycles. The van der Waals surface area contributed by atoms with Crippen molar-refractivity contribution in [2.45, 2.75) is 26.3 Å². The number of aromatic nitrogens is 1. The van der Waals surface area contributed by atoms with Gasteiger partial charge in [-0.25, -0.2) is 4.79 Å².